The number of Topliss-reactive ketones (excluding diaryl/α,β-unsaturated/α-hetero) is 1. The molecule has 10 heteroatoms. The molecule has 9 nitrogen and oxygen atoms in total. The Labute approximate surface area is 139 Å². The van der Waals surface area contributed by atoms with E-state index in [2.05, 4.69) is 0 Å². The largest absolute Gasteiger partial charge is 0.494 e. The molecule has 1 heterocycles. The molecule has 0 radical (unpaired) electrons. The van der Waals surface area contributed by atoms with Crippen molar-refractivity contribution in [3.8, 4) is 5.75 Å². The van der Waals surface area contributed by atoms with Crippen LogP contribution in [0.5, 0.6) is 5.75 Å². The lowest BCUT2D eigenvalue weighted by Gasteiger charge is -2.09. The van der Waals surface area contributed by atoms with Crippen LogP contribution >= 0.6 is 0 Å². The number of nitrogens with two attached hydrogens (primary N) is 1. The Bertz CT molecular complexity index is 963. The van der Waals surface area contributed by atoms with Crippen LogP contribution in [0.2, 0.25) is 0 Å². The Kier molecular flexibility index (Phi) is 5.01. The van der Waals surface area contributed by atoms with Crippen LogP contribution in [0.15, 0.2) is 27.8 Å². The zero-order valence-electron chi connectivity index (χ0n) is 13.3. The van der Waals surface area contributed by atoms with E-state index in [-0.39, 0.29) is 17.1 Å². The summed E-state index contributed by atoms with van der Waals surface area (Å²) in [5, 5.41) is 0. The molecular weight excluding hydrogens is 337 g/mol. The maximum atomic E-state index is 13.6. The lowest BCUT2D eigenvalue weighted by molar-refractivity contribution is 0.0474. The second-order valence-electron chi connectivity index (χ2n) is 4.93. The Morgan fingerprint density at radius 3 is 2.60 bits per heavy atom. The molecule has 0 atom stereocenters. The molecule has 0 spiro atoms. The zero-order chi connectivity index (χ0) is 18.7. The van der Waals surface area contributed by atoms with E-state index in [0.717, 1.165) is 10.6 Å². The third kappa shape index (κ3) is 3.57. The highest BCUT2D eigenvalue weighted by atomic mass is 19.1. The quantitative estimate of drug-likeness (QED) is 0.565. The van der Waals surface area contributed by atoms with Crippen molar-refractivity contribution < 1.29 is 23.5 Å². The fourth-order valence-electron chi connectivity index (χ4n) is 1.99. The highest BCUT2D eigenvalue weighted by Gasteiger charge is 2.20. The molecule has 0 unspecified atom stereocenters. The molecule has 0 saturated carbocycles. The molecule has 1 aromatic heterocycles. The first kappa shape index (κ1) is 17.9. The zero-order valence-corrected chi connectivity index (χ0v) is 13.3. The van der Waals surface area contributed by atoms with Crippen LogP contribution in [0.25, 0.3) is 0 Å². The molecule has 0 aliphatic heterocycles. The van der Waals surface area contributed by atoms with E-state index in [0.29, 0.717) is 0 Å². The molecule has 25 heavy (non-hydrogen) atoms. The monoisotopic (exact) mass is 351 g/mol. The van der Waals surface area contributed by atoms with E-state index in [1.165, 1.54) is 26.3 Å². The van der Waals surface area contributed by atoms with Crippen LogP contribution in [0.1, 0.15) is 20.7 Å². The summed E-state index contributed by atoms with van der Waals surface area (Å²) in [7, 11) is 2.53. The Morgan fingerprint density at radius 1 is 1.32 bits per heavy atom. The minimum atomic E-state index is -0.989. The molecule has 1 aromatic carbocycles. The summed E-state index contributed by atoms with van der Waals surface area (Å²) in [4.78, 5) is 48.9. The molecule has 3 N–H and O–H groups in total. The standard InChI is InChI=1S/C15H14FN3O6/c1-19-12(17)11(13(21)18-15(19)23)9(20)6-25-14(22)7-3-4-10(24-2)8(16)5-7/h3-5H,6,17H2,1-2H3,(H,18,21,23). The Balaban J connectivity index is 2.17. The van der Waals surface area contributed by atoms with Crippen molar-refractivity contribution in [3.63, 3.8) is 0 Å². The third-order valence-electron chi connectivity index (χ3n) is 3.37. The number of ether oxygens (including phenoxy) is 2. The number of ketones is 1. The summed E-state index contributed by atoms with van der Waals surface area (Å²) in [6, 6.07) is 3.37. The number of rotatable bonds is 5. The van der Waals surface area contributed by atoms with Gasteiger partial charge in [-0.05, 0) is 18.2 Å². The number of aromatic amines is 1. The molecule has 0 aliphatic carbocycles. The van der Waals surface area contributed by atoms with Crippen LogP contribution in [-0.2, 0) is 11.8 Å². The normalized spacial score (nSPS) is 10.4. The second-order valence-corrected chi connectivity index (χ2v) is 4.93. The first-order chi connectivity index (χ1) is 11.8. The van der Waals surface area contributed by atoms with E-state index in [4.69, 9.17) is 15.2 Å². The number of anilines is 1. The number of methoxy groups -OCH3 is 1. The van der Waals surface area contributed by atoms with E-state index >= 15 is 0 Å². The van der Waals surface area contributed by atoms with Gasteiger partial charge in [0.2, 0.25) is 5.78 Å². The van der Waals surface area contributed by atoms with Crippen molar-refractivity contribution in [2.75, 3.05) is 19.5 Å². The predicted molar refractivity (Wildman–Crippen MR) is 84.3 cm³/mol. The van der Waals surface area contributed by atoms with Crippen molar-refractivity contribution in [2.24, 2.45) is 7.05 Å². The highest BCUT2D eigenvalue weighted by molar-refractivity contribution is 6.02. The second kappa shape index (κ2) is 6.99. The Hall–Kier alpha value is -3.43. The summed E-state index contributed by atoms with van der Waals surface area (Å²) in [6.45, 7) is -0.808. The fourth-order valence-corrected chi connectivity index (χ4v) is 1.99. The lowest BCUT2D eigenvalue weighted by atomic mass is 10.2. The number of hydrogen-bond donors (Lipinski definition) is 2. The third-order valence-corrected chi connectivity index (χ3v) is 3.37. The maximum absolute atomic E-state index is 13.6. The average molecular weight is 351 g/mol. The summed E-state index contributed by atoms with van der Waals surface area (Å²) < 4.78 is 23.9. The summed E-state index contributed by atoms with van der Waals surface area (Å²) in [6.07, 6.45) is 0. The number of halogens is 1. The molecule has 2 rings (SSSR count). The number of nitrogens with one attached hydrogen (secondary N) is 1. The van der Waals surface area contributed by atoms with E-state index in [9.17, 15) is 23.6 Å². The number of aromatic nitrogens is 2. The summed E-state index contributed by atoms with van der Waals surface area (Å²) in [5.74, 6) is -3.07. The summed E-state index contributed by atoms with van der Waals surface area (Å²) >= 11 is 0. The van der Waals surface area contributed by atoms with Gasteiger partial charge in [0.15, 0.2) is 18.2 Å². The molecule has 0 saturated heterocycles. The van der Waals surface area contributed by atoms with Crippen molar-refractivity contribution >= 4 is 17.6 Å². The first-order valence-corrected chi connectivity index (χ1v) is 6.89. The van der Waals surface area contributed by atoms with E-state index in [1.54, 1.807) is 0 Å². The molecule has 0 bridgehead atoms. The lowest BCUT2D eigenvalue weighted by Crippen LogP contribution is -2.35. The fraction of sp³-hybridized carbons (Fsp3) is 0.200. The molecule has 0 fully saturated rings. The minimum Gasteiger partial charge on any atom is -0.494 e. The van der Waals surface area contributed by atoms with E-state index < -0.39 is 41.0 Å². The summed E-state index contributed by atoms with van der Waals surface area (Å²) in [5.41, 5.74) is 3.15. The number of esters is 1. The highest BCUT2D eigenvalue weighted by Crippen LogP contribution is 2.18. The number of nitrogens with zero attached hydrogens (tertiary/aromatic N) is 1. The van der Waals surface area contributed by atoms with Gasteiger partial charge in [-0.15, -0.1) is 0 Å². The van der Waals surface area contributed by atoms with Crippen molar-refractivity contribution in [1.29, 1.82) is 0 Å². The van der Waals surface area contributed by atoms with Crippen LogP contribution in [0, 0.1) is 5.82 Å². The van der Waals surface area contributed by atoms with Gasteiger partial charge in [0.05, 0.1) is 12.7 Å². The minimum absolute atomic E-state index is 0.0582. The van der Waals surface area contributed by atoms with Gasteiger partial charge in [0, 0.05) is 7.05 Å². The number of carbonyl (C=O) groups excluding carboxylic acids is 2. The molecular formula is C15H14FN3O6. The molecule has 0 amide bonds. The van der Waals surface area contributed by atoms with Gasteiger partial charge in [-0.3, -0.25) is 19.1 Å². The van der Waals surface area contributed by atoms with Crippen molar-refractivity contribution in [3.05, 3.63) is 56.0 Å². The molecule has 0 aliphatic rings. The van der Waals surface area contributed by atoms with E-state index in [1.807, 2.05) is 4.98 Å². The number of nitrogen functional groups attached to an aromatic ring is 1. The van der Waals surface area contributed by atoms with Crippen LogP contribution in [0.4, 0.5) is 10.2 Å². The topological polar surface area (TPSA) is 133 Å². The van der Waals surface area contributed by atoms with Gasteiger partial charge in [0.25, 0.3) is 5.56 Å². The Morgan fingerprint density at radius 2 is 2.00 bits per heavy atom. The number of benzene rings is 1. The SMILES string of the molecule is COc1ccc(C(=O)OCC(=O)c2c(N)n(C)c(=O)[nH]c2=O)cc1F. The number of H-pyrrole nitrogens is 1. The molecule has 2 aromatic rings. The van der Waals surface area contributed by atoms with Gasteiger partial charge < -0.3 is 15.2 Å². The number of carbonyl (C=O) groups is 2. The smallest absolute Gasteiger partial charge is 0.338 e. The molecule has 132 valence electrons. The average Bonchev–Trinajstić information content (AvgIpc) is 2.57. The van der Waals surface area contributed by atoms with Crippen LogP contribution < -0.4 is 21.7 Å². The van der Waals surface area contributed by atoms with Crippen LogP contribution in [-0.4, -0.2) is 35.0 Å². The number of hydrogen-bond acceptors (Lipinski definition) is 7. The van der Waals surface area contributed by atoms with Crippen LogP contribution in [0.3, 0.4) is 0 Å². The first-order valence-electron chi connectivity index (χ1n) is 6.89. The van der Waals surface area contributed by atoms with Gasteiger partial charge in [-0.1, -0.05) is 0 Å². The maximum Gasteiger partial charge on any atom is 0.338 e. The van der Waals surface area contributed by atoms with Gasteiger partial charge in [-0.2, -0.15) is 0 Å². The predicted octanol–water partition coefficient (Wildman–Crippen LogP) is -0.157. The van der Waals surface area contributed by atoms with Gasteiger partial charge >= 0.3 is 11.7 Å². The van der Waals surface area contributed by atoms with Crippen molar-refractivity contribution in [2.45, 2.75) is 0 Å². The van der Waals surface area contributed by atoms with Gasteiger partial charge in [0.1, 0.15) is 11.4 Å². The van der Waals surface area contributed by atoms with Crippen molar-refractivity contribution in [1.82, 2.24) is 9.55 Å². The van der Waals surface area contributed by atoms with Gasteiger partial charge in [-0.25, -0.2) is 14.0 Å².